The molecule has 0 saturated heterocycles. The number of hydrogen-bond donors (Lipinski definition) is 2. The number of fused-ring (bicyclic) bond motifs is 1. The van der Waals surface area contributed by atoms with Crippen LogP contribution < -0.4 is 10.6 Å². The van der Waals surface area contributed by atoms with E-state index in [1.165, 1.54) is 4.68 Å². The summed E-state index contributed by atoms with van der Waals surface area (Å²) in [7, 11) is 0. The van der Waals surface area contributed by atoms with Crippen LogP contribution in [0, 0.1) is 0 Å². The average Bonchev–Trinajstić information content (AvgIpc) is 2.80. The minimum absolute atomic E-state index is 0.0416. The molecule has 0 unspecified atom stereocenters. The summed E-state index contributed by atoms with van der Waals surface area (Å²) in [6.07, 6.45) is 0.815. The SMILES string of the molecule is CCCNC(=O)NC(=O)Cn1nnc2ccccc21. The molecule has 2 rings (SSSR count). The van der Waals surface area contributed by atoms with Gasteiger partial charge in [-0.1, -0.05) is 24.3 Å². The lowest BCUT2D eigenvalue weighted by molar-refractivity contribution is -0.120. The molecular formula is C12H15N5O2. The number of para-hydroxylation sites is 1. The van der Waals surface area contributed by atoms with Gasteiger partial charge in [0.1, 0.15) is 12.1 Å². The first kappa shape index (κ1) is 13.0. The molecule has 2 aromatic rings. The second-order valence-electron chi connectivity index (χ2n) is 4.04. The zero-order valence-electron chi connectivity index (χ0n) is 10.6. The number of urea groups is 1. The lowest BCUT2D eigenvalue weighted by Gasteiger charge is -2.05. The van der Waals surface area contributed by atoms with Crippen LogP contribution >= 0.6 is 0 Å². The van der Waals surface area contributed by atoms with Gasteiger partial charge < -0.3 is 5.32 Å². The van der Waals surface area contributed by atoms with Gasteiger partial charge in [-0.3, -0.25) is 10.1 Å². The second kappa shape index (κ2) is 5.94. The highest BCUT2D eigenvalue weighted by Gasteiger charge is 2.10. The Bertz CT molecular complexity index is 593. The third kappa shape index (κ3) is 3.27. The fourth-order valence-electron chi connectivity index (χ4n) is 1.62. The summed E-state index contributed by atoms with van der Waals surface area (Å²) in [6, 6.07) is 6.83. The molecule has 100 valence electrons. The number of nitrogens with one attached hydrogen (secondary N) is 2. The van der Waals surface area contributed by atoms with Gasteiger partial charge in [0.05, 0.1) is 5.52 Å². The third-order valence-corrected chi connectivity index (χ3v) is 2.50. The van der Waals surface area contributed by atoms with Gasteiger partial charge in [-0.15, -0.1) is 5.10 Å². The van der Waals surface area contributed by atoms with Gasteiger partial charge >= 0.3 is 6.03 Å². The highest BCUT2D eigenvalue weighted by molar-refractivity contribution is 5.94. The van der Waals surface area contributed by atoms with Gasteiger partial charge in [0.25, 0.3) is 0 Å². The number of aromatic nitrogens is 3. The Morgan fingerprint density at radius 1 is 1.32 bits per heavy atom. The Labute approximate surface area is 110 Å². The molecule has 0 atom stereocenters. The predicted octanol–water partition coefficient (Wildman–Crippen LogP) is 0.667. The van der Waals surface area contributed by atoms with Crippen molar-refractivity contribution in [2.75, 3.05) is 6.54 Å². The molecule has 0 bridgehead atoms. The van der Waals surface area contributed by atoms with Crippen molar-refractivity contribution in [1.82, 2.24) is 25.6 Å². The minimum Gasteiger partial charge on any atom is -0.338 e. The van der Waals surface area contributed by atoms with E-state index in [-0.39, 0.29) is 6.54 Å². The summed E-state index contributed by atoms with van der Waals surface area (Å²) in [5.41, 5.74) is 1.47. The Balaban J connectivity index is 1.97. The number of carbonyl (C=O) groups is 2. The summed E-state index contributed by atoms with van der Waals surface area (Å²) in [6.45, 7) is 2.43. The molecule has 1 aromatic carbocycles. The Morgan fingerprint density at radius 2 is 2.11 bits per heavy atom. The smallest absolute Gasteiger partial charge is 0.321 e. The van der Waals surface area contributed by atoms with E-state index in [4.69, 9.17) is 0 Å². The molecule has 19 heavy (non-hydrogen) atoms. The van der Waals surface area contributed by atoms with Crippen LogP contribution in [-0.2, 0) is 11.3 Å². The maximum Gasteiger partial charge on any atom is 0.321 e. The zero-order valence-corrected chi connectivity index (χ0v) is 10.6. The van der Waals surface area contributed by atoms with Crippen LogP contribution in [0.3, 0.4) is 0 Å². The molecular weight excluding hydrogens is 246 g/mol. The topological polar surface area (TPSA) is 88.9 Å². The van der Waals surface area contributed by atoms with Gasteiger partial charge in [-0.05, 0) is 18.6 Å². The predicted molar refractivity (Wildman–Crippen MR) is 69.4 cm³/mol. The van der Waals surface area contributed by atoms with Gasteiger partial charge in [0, 0.05) is 6.54 Å². The van der Waals surface area contributed by atoms with E-state index in [0.717, 1.165) is 11.9 Å². The van der Waals surface area contributed by atoms with Gasteiger partial charge in [0.2, 0.25) is 5.91 Å². The van der Waals surface area contributed by atoms with Crippen LogP contribution in [0.5, 0.6) is 0 Å². The number of rotatable bonds is 4. The first-order valence-electron chi connectivity index (χ1n) is 6.06. The zero-order chi connectivity index (χ0) is 13.7. The molecule has 7 heteroatoms. The number of benzene rings is 1. The molecule has 7 nitrogen and oxygen atoms in total. The number of hydrogen-bond acceptors (Lipinski definition) is 4. The minimum atomic E-state index is -0.490. The molecule has 3 amide bonds. The molecule has 0 spiro atoms. The van der Waals surface area contributed by atoms with Crippen molar-refractivity contribution >= 4 is 23.0 Å². The Hall–Kier alpha value is -2.44. The van der Waals surface area contributed by atoms with Gasteiger partial charge in [-0.25, -0.2) is 9.48 Å². The number of nitrogens with zero attached hydrogens (tertiary/aromatic N) is 3. The fraction of sp³-hybridized carbons (Fsp3) is 0.333. The van der Waals surface area contributed by atoms with Crippen molar-refractivity contribution in [1.29, 1.82) is 0 Å². The molecule has 0 fully saturated rings. The maximum atomic E-state index is 11.7. The van der Waals surface area contributed by atoms with Gasteiger partial charge in [0.15, 0.2) is 0 Å². The molecule has 0 saturated carbocycles. The summed E-state index contributed by atoms with van der Waals surface area (Å²) < 4.78 is 1.46. The molecule has 1 aromatic heterocycles. The van der Waals surface area contributed by atoms with Crippen LogP contribution in [0.25, 0.3) is 11.0 Å². The summed E-state index contributed by atoms with van der Waals surface area (Å²) in [4.78, 5) is 23.0. The maximum absolute atomic E-state index is 11.7. The fourth-order valence-corrected chi connectivity index (χ4v) is 1.62. The molecule has 0 aliphatic carbocycles. The normalized spacial score (nSPS) is 10.4. The average molecular weight is 261 g/mol. The first-order valence-corrected chi connectivity index (χ1v) is 6.06. The van der Waals surface area contributed by atoms with E-state index in [9.17, 15) is 9.59 Å². The van der Waals surface area contributed by atoms with E-state index in [0.29, 0.717) is 12.1 Å². The molecule has 0 aliphatic rings. The Morgan fingerprint density at radius 3 is 2.89 bits per heavy atom. The molecule has 0 aliphatic heterocycles. The first-order chi connectivity index (χ1) is 9.20. The highest BCUT2D eigenvalue weighted by atomic mass is 16.2. The summed E-state index contributed by atoms with van der Waals surface area (Å²) in [5.74, 6) is -0.427. The van der Waals surface area contributed by atoms with Crippen LogP contribution in [0.4, 0.5) is 4.79 Å². The monoisotopic (exact) mass is 261 g/mol. The van der Waals surface area contributed by atoms with E-state index < -0.39 is 11.9 Å². The van der Waals surface area contributed by atoms with E-state index in [1.54, 1.807) is 0 Å². The van der Waals surface area contributed by atoms with Crippen molar-refractivity contribution in [2.45, 2.75) is 19.9 Å². The van der Waals surface area contributed by atoms with Crippen molar-refractivity contribution in [3.63, 3.8) is 0 Å². The van der Waals surface area contributed by atoms with E-state index in [2.05, 4.69) is 20.9 Å². The molecule has 2 N–H and O–H groups in total. The van der Waals surface area contributed by atoms with Crippen molar-refractivity contribution in [3.8, 4) is 0 Å². The van der Waals surface area contributed by atoms with Crippen LogP contribution in [0.1, 0.15) is 13.3 Å². The van der Waals surface area contributed by atoms with Crippen molar-refractivity contribution < 1.29 is 9.59 Å². The van der Waals surface area contributed by atoms with E-state index >= 15 is 0 Å². The van der Waals surface area contributed by atoms with Crippen molar-refractivity contribution in [3.05, 3.63) is 24.3 Å². The Kier molecular flexibility index (Phi) is 4.07. The lowest BCUT2D eigenvalue weighted by Crippen LogP contribution is -2.41. The van der Waals surface area contributed by atoms with Crippen molar-refractivity contribution in [2.24, 2.45) is 0 Å². The molecule has 1 heterocycles. The molecule has 0 radical (unpaired) electrons. The number of imide groups is 1. The van der Waals surface area contributed by atoms with Gasteiger partial charge in [-0.2, -0.15) is 0 Å². The summed E-state index contributed by atoms with van der Waals surface area (Å²) in [5, 5.41) is 12.6. The number of carbonyl (C=O) groups excluding carboxylic acids is 2. The lowest BCUT2D eigenvalue weighted by atomic mass is 10.3. The van der Waals surface area contributed by atoms with Crippen LogP contribution in [-0.4, -0.2) is 33.5 Å². The largest absolute Gasteiger partial charge is 0.338 e. The summed E-state index contributed by atoms with van der Waals surface area (Å²) >= 11 is 0. The van der Waals surface area contributed by atoms with Crippen LogP contribution in [0.15, 0.2) is 24.3 Å². The van der Waals surface area contributed by atoms with E-state index in [1.807, 2.05) is 31.2 Å². The second-order valence-corrected chi connectivity index (χ2v) is 4.04. The van der Waals surface area contributed by atoms with Crippen LogP contribution in [0.2, 0.25) is 0 Å². The number of amides is 3. The standard InChI is InChI=1S/C12H15N5O2/c1-2-7-13-12(19)14-11(18)8-17-10-6-4-3-5-9(10)15-16-17/h3-6H,2,7-8H2,1H3,(H2,13,14,18,19). The quantitative estimate of drug-likeness (QED) is 0.846. The highest BCUT2D eigenvalue weighted by Crippen LogP contribution is 2.08. The third-order valence-electron chi connectivity index (χ3n) is 2.50.